The quantitative estimate of drug-likeness (QED) is 0.186. The summed E-state index contributed by atoms with van der Waals surface area (Å²) in [6.07, 6.45) is 23.2. The Morgan fingerprint density at radius 2 is 1.06 bits per heavy atom. The maximum atomic E-state index is 9.90. The van der Waals surface area contributed by atoms with Crippen LogP contribution in [0.1, 0.15) is 99.8 Å². The van der Waals surface area contributed by atoms with Crippen LogP contribution in [-0.2, 0) is 10.9 Å². The van der Waals surface area contributed by atoms with Gasteiger partial charge < -0.3 is 5.11 Å². The third kappa shape index (κ3) is 18.3. The molecule has 0 aromatic carbocycles. The molecule has 2 heteroatoms. The molecule has 0 amide bonds. The van der Waals surface area contributed by atoms with Crippen molar-refractivity contribution in [2.24, 2.45) is 0 Å². The van der Waals surface area contributed by atoms with E-state index in [0.717, 1.165) is 44.9 Å². The van der Waals surface area contributed by atoms with E-state index in [1.165, 1.54) is 40.0 Å². The molecule has 0 saturated carbocycles. The van der Waals surface area contributed by atoms with E-state index in [4.69, 9.17) is 0 Å². The van der Waals surface area contributed by atoms with Gasteiger partial charge in [-0.15, -0.1) is 0 Å². The van der Waals surface area contributed by atoms with E-state index in [0.29, 0.717) is 11.9 Å². The molecule has 0 aliphatic rings. The van der Waals surface area contributed by atoms with Crippen LogP contribution in [0.2, 0.25) is 0 Å². The van der Waals surface area contributed by atoms with Gasteiger partial charge in [0.15, 0.2) is 0 Å². The predicted molar refractivity (Wildman–Crippen MR) is 146 cm³/mol. The molecule has 1 nitrogen and oxygen atoms in total. The summed E-state index contributed by atoms with van der Waals surface area (Å²) < 4.78 is 0. The fourth-order valence-electron chi connectivity index (χ4n) is 3.39. The number of allylic oxidation sites excluding steroid dienone is 10. The van der Waals surface area contributed by atoms with Gasteiger partial charge in [-0.3, -0.25) is 0 Å². The van der Waals surface area contributed by atoms with E-state index in [2.05, 4.69) is 85.1 Å². The molecule has 0 saturated heterocycles. The average molecular weight is 448 g/mol. The highest BCUT2D eigenvalue weighted by Crippen LogP contribution is 2.16. The maximum Gasteiger partial charge on any atom is 0.144 e. The van der Waals surface area contributed by atoms with Crippen LogP contribution >= 0.6 is 0 Å². The predicted octanol–water partition coefficient (Wildman–Crippen LogP) is 8.49. The zero-order chi connectivity index (χ0) is 23.6. The normalized spacial score (nSPS) is 14.9. The first-order chi connectivity index (χ1) is 14.6. The Balaban J connectivity index is 4.34. The molecular weight excluding hydrogens is 396 g/mol. The smallest absolute Gasteiger partial charge is 0.144 e. The first-order valence-electron chi connectivity index (χ1n) is 12.1. The second kappa shape index (κ2) is 18.6. The second-order valence-electron chi connectivity index (χ2n) is 9.55. The van der Waals surface area contributed by atoms with Gasteiger partial charge >= 0.3 is 0 Å². The lowest BCUT2D eigenvalue weighted by Gasteiger charge is -2.13. The van der Waals surface area contributed by atoms with Crippen LogP contribution in [0, 0.1) is 0 Å². The van der Waals surface area contributed by atoms with Crippen molar-refractivity contribution in [3.63, 3.8) is 0 Å². The van der Waals surface area contributed by atoms with Crippen molar-refractivity contribution in [1.29, 1.82) is 0 Å². The fourth-order valence-corrected chi connectivity index (χ4v) is 4.89. The Morgan fingerprint density at radius 1 is 0.645 bits per heavy atom. The van der Waals surface area contributed by atoms with Crippen molar-refractivity contribution in [2.45, 2.75) is 105 Å². The van der Waals surface area contributed by atoms with Crippen molar-refractivity contribution >= 4 is 10.9 Å². The zero-order valence-electron chi connectivity index (χ0n) is 21.9. The van der Waals surface area contributed by atoms with Gasteiger partial charge in [-0.05, 0) is 97.9 Å². The highest BCUT2D eigenvalue weighted by Gasteiger charge is 2.23. The Kier molecular flexibility index (Phi) is 18.0. The molecule has 0 radical (unpaired) electrons. The minimum Gasteiger partial charge on any atom is -0.391 e. The first kappa shape index (κ1) is 30.0. The molecule has 2 atom stereocenters. The SMILES string of the molecule is CC(C)=CCC/C(C)=C/CC/C(C)=C/CC(CO)[S+](C)CC/C=C(\C)CCC=C(C)C. The molecule has 2 unspecified atom stereocenters. The Bertz CT molecular complexity index is 625. The van der Waals surface area contributed by atoms with Crippen LogP contribution < -0.4 is 0 Å². The van der Waals surface area contributed by atoms with Crippen LogP contribution in [-0.4, -0.2) is 29.0 Å². The second-order valence-corrected chi connectivity index (χ2v) is 12.0. The maximum absolute atomic E-state index is 9.90. The standard InChI is InChI=1S/C29H51OS/c1-24(2)13-9-15-26(5)17-11-18-28(7)20-21-29(23-30)31(8)22-12-19-27(6)16-10-14-25(3)4/h13-14,17,19-20,29-30H,9-12,15-16,18,21-23H2,1-8H3/q+1/b26-17+,27-19+,28-20+. The lowest BCUT2D eigenvalue weighted by molar-refractivity contribution is 0.294. The van der Waals surface area contributed by atoms with Crippen LogP contribution in [0.5, 0.6) is 0 Å². The highest BCUT2D eigenvalue weighted by atomic mass is 32.2. The summed E-state index contributed by atoms with van der Waals surface area (Å²) >= 11 is 0. The summed E-state index contributed by atoms with van der Waals surface area (Å²) in [6, 6.07) is 0. The summed E-state index contributed by atoms with van der Waals surface area (Å²) in [5, 5.41) is 10.3. The summed E-state index contributed by atoms with van der Waals surface area (Å²) in [5.74, 6) is 1.19. The van der Waals surface area contributed by atoms with Crippen molar-refractivity contribution < 1.29 is 5.11 Å². The number of aliphatic hydroxyl groups is 1. The largest absolute Gasteiger partial charge is 0.391 e. The van der Waals surface area contributed by atoms with Gasteiger partial charge in [0.25, 0.3) is 0 Å². The number of hydrogen-bond acceptors (Lipinski definition) is 1. The summed E-state index contributed by atoms with van der Waals surface area (Å²) in [6.45, 7) is 15.7. The van der Waals surface area contributed by atoms with Crippen LogP contribution in [0.15, 0.2) is 58.2 Å². The van der Waals surface area contributed by atoms with E-state index in [1.54, 1.807) is 0 Å². The lowest BCUT2D eigenvalue weighted by Crippen LogP contribution is -2.26. The van der Waals surface area contributed by atoms with Gasteiger partial charge in [0.05, 0.1) is 12.9 Å². The summed E-state index contributed by atoms with van der Waals surface area (Å²) in [7, 11) is 0.257. The van der Waals surface area contributed by atoms with Gasteiger partial charge in [-0.25, -0.2) is 0 Å². The molecule has 0 aromatic rings. The van der Waals surface area contributed by atoms with Gasteiger partial charge in [0.2, 0.25) is 0 Å². The van der Waals surface area contributed by atoms with Gasteiger partial charge in [-0.1, -0.05) is 58.2 Å². The topological polar surface area (TPSA) is 20.2 Å². The van der Waals surface area contributed by atoms with E-state index in [9.17, 15) is 5.11 Å². The molecule has 31 heavy (non-hydrogen) atoms. The highest BCUT2D eigenvalue weighted by molar-refractivity contribution is 7.96. The molecule has 0 spiro atoms. The molecule has 178 valence electrons. The third-order valence-electron chi connectivity index (χ3n) is 5.65. The molecule has 0 heterocycles. The Labute approximate surface area is 197 Å². The van der Waals surface area contributed by atoms with E-state index in [-0.39, 0.29) is 10.9 Å². The number of aliphatic hydroxyl groups excluding tert-OH is 1. The summed E-state index contributed by atoms with van der Waals surface area (Å²) in [4.78, 5) is 0. The molecule has 0 bridgehead atoms. The molecular formula is C29H51OS+. The Hall–Kier alpha value is -0.990. The number of rotatable bonds is 16. The van der Waals surface area contributed by atoms with Crippen LogP contribution in [0.25, 0.3) is 0 Å². The Morgan fingerprint density at radius 3 is 1.52 bits per heavy atom. The van der Waals surface area contributed by atoms with Crippen LogP contribution in [0.3, 0.4) is 0 Å². The van der Waals surface area contributed by atoms with Crippen molar-refractivity contribution in [3.8, 4) is 0 Å². The molecule has 0 aromatic heterocycles. The summed E-state index contributed by atoms with van der Waals surface area (Å²) in [5.41, 5.74) is 7.26. The van der Waals surface area contributed by atoms with Crippen molar-refractivity contribution in [3.05, 3.63) is 58.2 Å². The molecule has 0 aliphatic carbocycles. The van der Waals surface area contributed by atoms with Gasteiger partial charge in [0, 0.05) is 12.8 Å². The van der Waals surface area contributed by atoms with Crippen molar-refractivity contribution in [1.82, 2.24) is 0 Å². The first-order valence-corrected chi connectivity index (χ1v) is 14.0. The van der Waals surface area contributed by atoms with Crippen LogP contribution in [0.4, 0.5) is 0 Å². The molecule has 0 aliphatic heterocycles. The van der Waals surface area contributed by atoms with Crippen molar-refractivity contribution in [2.75, 3.05) is 18.6 Å². The lowest BCUT2D eigenvalue weighted by atomic mass is 10.1. The molecule has 0 fully saturated rings. The monoisotopic (exact) mass is 447 g/mol. The van der Waals surface area contributed by atoms with Gasteiger partial charge in [0.1, 0.15) is 11.0 Å². The third-order valence-corrected chi connectivity index (χ3v) is 8.01. The fraction of sp³-hybridized carbons (Fsp3) is 0.655. The zero-order valence-corrected chi connectivity index (χ0v) is 22.7. The average Bonchev–Trinajstić information content (AvgIpc) is 2.67. The minimum absolute atomic E-state index is 0.257. The minimum atomic E-state index is 0.257. The van der Waals surface area contributed by atoms with E-state index >= 15 is 0 Å². The van der Waals surface area contributed by atoms with E-state index in [1.807, 2.05) is 0 Å². The van der Waals surface area contributed by atoms with Gasteiger partial charge in [-0.2, -0.15) is 0 Å². The number of hydrogen-bond donors (Lipinski definition) is 1. The molecule has 1 N–H and O–H groups in total. The molecule has 0 rings (SSSR count). The van der Waals surface area contributed by atoms with E-state index < -0.39 is 0 Å².